The molecule has 1 aliphatic heterocycles. The van der Waals surface area contributed by atoms with Gasteiger partial charge in [-0.25, -0.2) is 8.42 Å². The normalized spacial score (nSPS) is 17.1. The van der Waals surface area contributed by atoms with Crippen LogP contribution in [0.1, 0.15) is 24.0 Å². The lowest BCUT2D eigenvalue weighted by molar-refractivity contribution is 0.166. The first-order valence-electron chi connectivity index (χ1n) is 9.29. The van der Waals surface area contributed by atoms with Gasteiger partial charge in [-0.1, -0.05) is 12.1 Å². The van der Waals surface area contributed by atoms with E-state index in [1.807, 2.05) is 6.92 Å². The molecule has 0 spiro atoms. The second-order valence-corrected chi connectivity index (χ2v) is 9.25. The van der Waals surface area contributed by atoms with Gasteiger partial charge in [-0.15, -0.1) is 24.0 Å². The third-order valence-electron chi connectivity index (χ3n) is 4.38. The maximum Gasteiger partial charge on any atom is 0.191 e. The molecule has 1 atom stereocenters. The molecule has 2 N–H and O–H groups in total. The maximum atomic E-state index is 11.2. The van der Waals surface area contributed by atoms with E-state index in [4.69, 9.17) is 9.47 Å². The number of benzene rings is 1. The van der Waals surface area contributed by atoms with Gasteiger partial charge in [-0.2, -0.15) is 0 Å². The Bertz CT molecular complexity index is 735. The number of hydrogen-bond acceptors (Lipinski definition) is 5. The van der Waals surface area contributed by atoms with Crippen molar-refractivity contribution in [2.75, 3.05) is 45.4 Å². The molecule has 1 aromatic rings. The number of nitrogens with zero attached hydrogens (tertiary/aromatic N) is 1. The highest BCUT2D eigenvalue weighted by Crippen LogP contribution is 2.22. The van der Waals surface area contributed by atoms with Crippen molar-refractivity contribution in [1.82, 2.24) is 10.6 Å². The predicted octanol–water partition coefficient (Wildman–Crippen LogP) is 2.13. The van der Waals surface area contributed by atoms with Crippen molar-refractivity contribution in [1.29, 1.82) is 0 Å². The van der Waals surface area contributed by atoms with Gasteiger partial charge in [0.2, 0.25) is 0 Å². The largest absolute Gasteiger partial charge is 0.493 e. The fourth-order valence-corrected chi connectivity index (χ4v) is 3.47. The van der Waals surface area contributed by atoms with Gasteiger partial charge < -0.3 is 20.1 Å². The second kappa shape index (κ2) is 12.5. The van der Waals surface area contributed by atoms with E-state index in [-0.39, 0.29) is 29.7 Å². The Balaban J connectivity index is 0.00000392. The van der Waals surface area contributed by atoms with Crippen LogP contribution in [0.4, 0.5) is 0 Å². The van der Waals surface area contributed by atoms with E-state index in [1.54, 1.807) is 7.05 Å². The number of guanidine groups is 1. The van der Waals surface area contributed by atoms with Gasteiger partial charge in [-0.05, 0) is 31.4 Å². The van der Waals surface area contributed by atoms with Crippen molar-refractivity contribution >= 4 is 39.8 Å². The summed E-state index contributed by atoms with van der Waals surface area (Å²) in [6.07, 6.45) is 2.84. The molecule has 0 aliphatic carbocycles. The fourth-order valence-electron chi connectivity index (χ4n) is 2.81. The third kappa shape index (κ3) is 9.42. The van der Waals surface area contributed by atoms with E-state index in [1.165, 1.54) is 6.26 Å². The summed E-state index contributed by atoms with van der Waals surface area (Å²) in [6.45, 7) is 5.41. The van der Waals surface area contributed by atoms with Crippen LogP contribution >= 0.6 is 24.0 Å². The summed E-state index contributed by atoms with van der Waals surface area (Å²) in [6, 6.07) is 6.17. The van der Waals surface area contributed by atoms with Crippen LogP contribution in [-0.2, 0) is 21.1 Å². The number of ether oxygens (including phenoxy) is 2. The van der Waals surface area contributed by atoms with Gasteiger partial charge >= 0.3 is 0 Å². The first kappa shape index (κ1) is 25.0. The molecule has 0 saturated carbocycles. The number of aryl methyl sites for hydroxylation is 1. The molecule has 1 heterocycles. The highest BCUT2D eigenvalue weighted by Gasteiger charge is 2.17. The summed E-state index contributed by atoms with van der Waals surface area (Å²) in [5, 5.41) is 6.39. The summed E-state index contributed by atoms with van der Waals surface area (Å²) in [4.78, 5) is 4.18. The van der Waals surface area contributed by atoms with E-state index in [0.29, 0.717) is 38.0 Å². The van der Waals surface area contributed by atoms with E-state index in [0.717, 1.165) is 36.5 Å². The minimum absolute atomic E-state index is 0. The summed E-state index contributed by atoms with van der Waals surface area (Å²) in [5.74, 6) is 2.13. The molecule has 1 aliphatic rings. The minimum Gasteiger partial charge on any atom is -0.493 e. The van der Waals surface area contributed by atoms with Gasteiger partial charge in [0.25, 0.3) is 0 Å². The third-order valence-corrected chi connectivity index (χ3v) is 5.41. The summed E-state index contributed by atoms with van der Waals surface area (Å²) in [5.41, 5.74) is 2.21. The summed E-state index contributed by atoms with van der Waals surface area (Å²) < 4.78 is 33.8. The van der Waals surface area contributed by atoms with Crippen LogP contribution in [0.3, 0.4) is 0 Å². The number of halogens is 1. The number of aliphatic imine (C=N–C) groups is 1. The molecular formula is C19H32IN3O4S. The van der Waals surface area contributed by atoms with E-state index >= 15 is 0 Å². The Kier molecular flexibility index (Phi) is 11.1. The van der Waals surface area contributed by atoms with E-state index in [9.17, 15) is 8.42 Å². The fraction of sp³-hybridized carbons (Fsp3) is 0.632. The molecule has 2 rings (SSSR count). The Morgan fingerprint density at radius 2 is 2.14 bits per heavy atom. The lowest BCUT2D eigenvalue weighted by Crippen LogP contribution is -2.37. The average Bonchev–Trinajstić information content (AvgIpc) is 3.13. The number of hydrogen-bond donors (Lipinski definition) is 2. The van der Waals surface area contributed by atoms with Crippen molar-refractivity contribution in [3.63, 3.8) is 0 Å². The molecule has 1 fully saturated rings. The zero-order chi connectivity index (χ0) is 19.7. The first-order valence-corrected chi connectivity index (χ1v) is 11.4. The quantitative estimate of drug-likeness (QED) is 0.222. The van der Waals surface area contributed by atoms with Crippen LogP contribution in [-0.4, -0.2) is 59.8 Å². The molecule has 28 heavy (non-hydrogen) atoms. The lowest BCUT2D eigenvalue weighted by Gasteiger charge is -2.17. The maximum absolute atomic E-state index is 11.2. The molecule has 0 aromatic heterocycles. The van der Waals surface area contributed by atoms with Crippen molar-refractivity contribution in [2.45, 2.75) is 26.3 Å². The Labute approximate surface area is 185 Å². The summed E-state index contributed by atoms with van der Waals surface area (Å²) in [7, 11) is -1.24. The van der Waals surface area contributed by atoms with Crippen molar-refractivity contribution < 1.29 is 17.9 Å². The molecule has 7 nitrogen and oxygen atoms in total. The SMILES string of the molecule is CN=C(NCCCS(C)(=O)=O)NCc1ccc(C)cc1OCC1CCOC1.I. The molecule has 160 valence electrons. The Morgan fingerprint density at radius 3 is 2.79 bits per heavy atom. The van der Waals surface area contributed by atoms with Crippen LogP contribution in [0.2, 0.25) is 0 Å². The average molecular weight is 525 g/mol. The zero-order valence-corrected chi connectivity index (χ0v) is 20.0. The van der Waals surface area contributed by atoms with Crippen LogP contribution in [0.15, 0.2) is 23.2 Å². The zero-order valence-electron chi connectivity index (χ0n) is 16.9. The molecule has 1 unspecified atom stereocenters. The van der Waals surface area contributed by atoms with Gasteiger partial charge in [0, 0.05) is 44.5 Å². The van der Waals surface area contributed by atoms with E-state index < -0.39 is 9.84 Å². The first-order chi connectivity index (χ1) is 12.9. The smallest absolute Gasteiger partial charge is 0.191 e. The number of rotatable bonds is 9. The number of nitrogens with one attached hydrogen (secondary N) is 2. The monoisotopic (exact) mass is 525 g/mol. The highest BCUT2D eigenvalue weighted by atomic mass is 127. The summed E-state index contributed by atoms with van der Waals surface area (Å²) >= 11 is 0. The highest BCUT2D eigenvalue weighted by molar-refractivity contribution is 14.0. The van der Waals surface area contributed by atoms with Gasteiger partial charge in [-0.3, -0.25) is 4.99 Å². The van der Waals surface area contributed by atoms with Crippen LogP contribution in [0.25, 0.3) is 0 Å². The minimum atomic E-state index is -2.93. The van der Waals surface area contributed by atoms with Crippen molar-refractivity contribution in [3.05, 3.63) is 29.3 Å². The second-order valence-electron chi connectivity index (χ2n) is 6.99. The lowest BCUT2D eigenvalue weighted by atomic mass is 10.1. The Morgan fingerprint density at radius 1 is 1.36 bits per heavy atom. The molecule has 9 heteroatoms. The van der Waals surface area contributed by atoms with Crippen LogP contribution in [0.5, 0.6) is 5.75 Å². The van der Waals surface area contributed by atoms with E-state index in [2.05, 4.69) is 33.8 Å². The molecule has 0 amide bonds. The molecule has 1 saturated heterocycles. The van der Waals surface area contributed by atoms with Crippen LogP contribution < -0.4 is 15.4 Å². The standard InChI is InChI=1S/C19H31N3O4S.HI/c1-15-5-6-17(18(11-15)26-14-16-7-9-25-13-16)12-22-19(20-2)21-8-4-10-27(3,23)24;/h5-6,11,16H,4,7-10,12-14H2,1-3H3,(H2,20,21,22);1H. The molecule has 0 radical (unpaired) electrons. The van der Waals surface area contributed by atoms with Crippen LogP contribution in [0, 0.1) is 12.8 Å². The van der Waals surface area contributed by atoms with Crippen molar-refractivity contribution in [2.24, 2.45) is 10.9 Å². The molecule has 1 aromatic carbocycles. The van der Waals surface area contributed by atoms with Gasteiger partial charge in [0.15, 0.2) is 5.96 Å². The molecule has 0 bridgehead atoms. The van der Waals surface area contributed by atoms with Gasteiger partial charge in [0.1, 0.15) is 15.6 Å². The van der Waals surface area contributed by atoms with Gasteiger partial charge in [0.05, 0.1) is 19.0 Å². The predicted molar refractivity (Wildman–Crippen MR) is 124 cm³/mol. The number of sulfone groups is 1. The molecular weight excluding hydrogens is 493 g/mol. The topological polar surface area (TPSA) is 89.0 Å². The van der Waals surface area contributed by atoms with Crippen molar-refractivity contribution in [3.8, 4) is 5.75 Å². The Hall–Kier alpha value is -1.07.